The number of rotatable bonds is 5. The fourth-order valence-electron chi connectivity index (χ4n) is 2.43. The fraction of sp³-hybridized carbons (Fsp3) is 0.111. The van der Waals surface area contributed by atoms with Crippen LogP contribution >= 0.6 is 22.9 Å². The highest BCUT2D eigenvalue weighted by atomic mass is 35.5. The van der Waals surface area contributed by atoms with Crippen LogP contribution in [0.25, 0.3) is 15.5 Å². The SMILES string of the molecule is Cc1cc(OCC(=O)Nc2ccc(-c3nn4cnnc4s3)cc2)ccc1Cl. The Hall–Kier alpha value is -2.97. The summed E-state index contributed by atoms with van der Waals surface area (Å²) >= 11 is 7.42. The van der Waals surface area contributed by atoms with Crippen molar-refractivity contribution in [3.8, 4) is 16.3 Å². The van der Waals surface area contributed by atoms with Crippen LogP contribution in [0.3, 0.4) is 0 Å². The van der Waals surface area contributed by atoms with Gasteiger partial charge in [0.2, 0.25) is 4.96 Å². The van der Waals surface area contributed by atoms with Crippen LogP contribution in [0.2, 0.25) is 5.02 Å². The second-order valence-corrected chi connectivity index (χ2v) is 7.15. The monoisotopic (exact) mass is 399 g/mol. The normalized spacial score (nSPS) is 10.9. The summed E-state index contributed by atoms with van der Waals surface area (Å²) in [6, 6.07) is 12.7. The molecule has 0 saturated heterocycles. The Labute approximate surface area is 163 Å². The van der Waals surface area contributed by atoms with Gasteiger partial charge in [-0.3, -0.25) is 4.79 Å². The fourth-order valence-corrected chi connectivity index (χ4v) is 3.37. The van der Waals surface area contributed by atoms with E-state index in [9.17, 15) is 4.79 Å². The first-order valence-corrected chi connectivity index (χ1v) is 9.24. The zero-order chi connectivity index (χ0) is 18.8. The topological polar surface area (TPSA) is 81.4 Å². The van der Waals surface area contributed by atoms with E-state index in [-0.39, 0.29) is 12.5 Å². The zero-order valence-electron chi connectivity index (χ0n) is 14.2. The third kappa shape index (κ3) is 3.91. The number of hydrogen-bond donors (Lipinski definition) is 1. The van der Waals surface area contributed by atoms with Gasteiger partial charge in [-0.25, -0.2) is 0 Å². The highest BCUT2D eigenvalue weighted by Crippen LogP contribution is 2.26. The lowest BCUT2D eigenvalue weighted by molar-refractivity contribution is -0.118. The molecule has 0 spiro atoms. The van der Waals surface area contributed by atoms with E-state index in [0.717, 1.165) is 21.1 Å². The molecule has 4 aromatic rings. The summed E-state index contributed by atoms with van der Waals surface area (Å²) in [5.41, 5.74) is 2.52. The molecule has 0 bridgehead atoms. The van der Waals surface area contributed by atoms with Crippen LogP contribution in [-0.2, 0) is 4.79 Å². The van der Waals surface area contributed by atoms with Gasteiger partial charge in [0, 0.05) is 16.3 Å². The molecule has 2 aromatic carbocycles. The second-order valence-electron chi connectivity index (χ2n) is 5.79. The van der Waals surface area contributed by atoms with Crippen LogP contribution in [0.4, 0.5) is 5.69 Å². The smallest absolute Gasteiger partial charge is 0.262 e. The van der Waals surface area contributed by atoms with Crippen molar-refractivity contribution in [2.75, 3.05) is 11.9 Å². The van der Waals surface area contributed by atoms with E-state index in [0.29, 0.717) is 16.5 Å². The summed E-state index contributed by atoms with van der Waals surface area (Å²) in [5, 5.41) is 16.5. The molecule has 0 saturated carbocycles. The molecule has 0 radical (unpaired) electrons. The average molecular weight is 400 g/mol. The van der Waals surface area contributed by atoms with Crippen molar-refractivity contribution in [1.29, 1.82) is 0 Å². The summed E-state index contributed by atoms with van der Waals surface area (Å²) in [4.78, 5) is 12.8. The Morgan fingerprint density at radius 3 is 2.81 bits per heavy atom. The van der Waals surface area contributed by atoms with Crippen LogP contribution < -0.4 is 10.1 Å². The molecule has 0 fully saturated rings. The molecule has 9 heteroatoms. The number of aryl methyl sites for hydroxylation is 1. The first kappa shape index (κ1) is 17.4. The van der Waals surface area contributed by atoms with Crippen molar-refractivity contribution in [3.63, 3.8) is 0 Å². The first-order valence-electron chi connectivity index (χ1n) is 8.04. The number of carbonyl (C=O) groups is 1. The van der Waals surface area contributed by atoms with Crippen LogP contribution in [0, 0.1) is 6.92 Å². The lowest BCUT2D eigenvalue weighted by Gasteiger charge is -2.09. The maximum atomic E-state index is 12.1. The van der Waals surface area contributed by atoms with E-state index in [1.807, 2.05) is 31.2 Å². The molecule has 0 aliphatic heterocycles. The number of ether oxygens (including phenoxy) is 1. The molecular formula is C18H14ClN5O2S. The number of amides is 1. The van der Waals surface area contributed by atoms with E-state index < -0.39 is 0 Å². The number of benzene rings is 2. The minimum Gasteiger partial charge on any atom is -0.484 e. The lowest BCUT2D eigenvalue weighted by atomic mass is 10.2. The Balaban J connectivity index is 1.36. The number of halogens is 1. The predicted octanol–water partition coefficient (Wildman–Crippen LogP) is 3.83. The van der Waals surface area contributed by atoms with E-state index in [4.69, 9.17) is 16.3 Å². The van der Waals surface area contributed by atoms with Crippen LogP contribution in [0.15, 0.2) is 48.8 Å². The van der Waals surface area contributed by atoms with Crippen molar-refractivity contribution in [2.45, 2.75) is 6.92 Å². The summed E-state index contributed by atoms with van der Waals surface area (Å²) in [7, 11) is 0. The van der Waals surface area contributed by atoms with Crippen molar-refractivity contribution in [2.24, 2.45) is 0 Å². The second kappa shape index (κ2) is 7.34. The number of nitrogens with zero attached hydrogens (tertiary/aromatic N) is 4. The molecule has 2 aromatic heterocycles. The largest absolute Gasteiger partial charge is 0.484 e. The van der Waals surface area contributed by atoms with Crippen molar-refractivity contribution < 1.29 is 9.53 Å². The van der Waals surface area contributed by atoms with Crippen molar-refractivity contribution in [3.05, 3.63) is 59.4 Å². The van der Waals surface area contributed by atoms with Gasteiger partial charge < -0.3 is 10.1 Å². The average Bonchev–Trinajstić information content (AvgIpc) is 3.25. The number of fused-ring (bicyclic) bond motifs is 1. The number of carbonyl (C=O) groups excluding carboxylic acids is 1. The lowest BCUT2D eigenvalue weighted by Crippen LogP contribution is -2.20. The third-order valence-electron chi connectivity index (χ3n) is 3.80. The van der Waals surface area contributed by atoms with Gasteiger partial charge in [-0.1, -0.05) is 22.9 Å². The minimum absolute atomic E-state index is 0.0838. The molecule has 0 aliphatic rings. The molecule has 0 unspecified atom stereocenters. The quantitative estimate of drug-likeness (QED) is 0.551. The summed E-state index contributed by atoms with van der Waals surface area (Å²) in [6.07, 6.45) is 1.56. The summed E-state index contributed by atoms with van der Waals surface area (Å²) in [6.45, 7) is 1.80. The molecule has 4 rings (SSSR count). The highest BCUT2D eigenvalue weighted by molar-refractivity contribution is 7.19. The van der Waals surface area contributed by atoms with Crippen LogP contribution in [0.1, 0.15) is 5.56 Å². The first-order chi connectivity index (χ1) is 13.1. The molecule has 0 atom stereocenters. The van der Waals surface area contributed by atoms with Crippen LogP contribution in [0.5, 0.6) is 5.75 Å². The van der Waals surface area contributed by atoms with Gasteiger partial charge in [0.1, 0.15) is 17.1 Å². The molecule has 7 nitrogen and oxygen atoms in total. The van der Waals surface area contributed by atoms with Crippen molar-refractivity contribution in [1.82, 2.24) is 19.8 Å². The van der Waals surface area contributed by atoms with Crippen molar-refractivity contribution >= 4 is 39.5 Å². The number of nitrogens with one attached hydrogen (secondary N) is 1. The van der Waals surface area contributed by atoms with Gasteiger partial charge in [0.25, 0.3) is 5.91 Å². The number of anilines is 1. The molecule has 27 heavy (non-hydrogen) atoms. The third-order valence-corrected chi connectivity index (χ3v) is 5.19. The molecule has 136 valence electrons. The summed E-state index contributed by atoms with van der Waals surface area (Å²) in [5.74, 6) is 0.361. The number of aromatic nitrogens is 4. The minimum atomic E-state index is -0.242. The van der Waals surface area contributed by atoms with E-state index >= 15 is 0 Å². The van der Waals surface area contributed by atoms with Crippen LogP contribution in [-0.4, -0.2) is 32.3 Å². The Kier molecular flexibility index (Phi) is 4.74. The molecule has 2 heterocycles. The molecule has 1 amide bonds. The Morgan fingerprint density at radius 2 is 2.07 bits per heavy atom. The highest BCUT2D eigenvalue weighted by Gasteiger charge is 2.09. The molecule has 1 N–H and O–H groups in total. The zero-order valence-corrected chi connectivity index (χ0v) is 15.8. The molecule has 0 aliphatic carbocycles. The predicted molar refractivity (Wildman–Crippen MR) is 104 cm³/mol. The Morgan fingerprint density at radius 1 is 1.26 bits per heavy atom. The van der Waals surface area contributed by atoms with Gasteiger partial charge >= 0.3 is 0 Å². The van der Waals surface area contributed by atoms with E-state index in [1.165, 1.54) is 11.3 Å². The maximum Gasteiger partial charge on any atom is 0.262 e. The summed E-state index contributed by atoms with van der Waals surface area (Å²) < 4.78 is 7.13. The van der Waals surface area contributed by atoms with Gasteiger partial charge in [-0.05, 0) is 55.0 Å². The van der Waals surface area contributed by atoms with Gasteiger partial charge in [0.05, 0.1) is 0 Å². The number of hydrogen-bond acceptors (Lipinski definition) is 6. The molecular weight excluding hydrogens is 386 g/mol. The van der Waals surface area contributed by atoms with E-state index in [2.05, 4.69) is 20.6 Å². The van der Waals surface area contributed by atoms with Gasteiger partial charge in [-0.15, -0.1) is 10.2 Å². The van der Waals surface area contributed by atoms with Gasteiger partial charge in [0.15, 0.2) is 6.61 Å². The standard InChI is InChI=1S/C18H14ClN5O2S/c1-11-8-14(6-7-15(11)19)26-9-16(25)21-13-4-2-12(3-5-13)17-23-24-10-20-22-18(24)27-17/h2-8,10H,9H2,1H3,(H,21,25). The maximum absolute atomic E-state index is 12.1. The van der Waals surface area contributed by atoms with E-state index in [1.54, 1.807) is 29.0 Å². The Bertz CT molecular complexity index is 1080. The van der Waals surface area contributed by atoms with Gasteiger partial charge in [-0.2, -0.15) is 9.61 Å².